The highest BCUT2D eigenvalue weighted by Crippen LogP contribution is 2.38. The van der Waals surface area contributed by atoms with E-state index in [2.05, 4.69) is 92.1 Å². The average Bonchev–Trinajstić information content (AvgIpc) is 3.24. The van der Waals surface area contributed by atoms with Crippen molar-refractivity contribution < 1.29 is 38.0 Å². The molecule has 63 heavy (non-hydrogen) atoms. The third-order valence-corrected chi connectivity index (χ3v) is 12.0. The van der Waals surface area contributed by atoms with Gasteiger partial charge in [-0.3, -0.25) is 9.36 Å². The van der Waals surface area contributed by atoms with E-state index in [0.29, 0.717) is 23.9 Å². The molecule has 0 aromatic carbocycles. The van der Waals surface area contributed by atoms with Gasteiger partial charge >= 0.3 is 0 Å². The van der Waals surface area contributed by atoms with Crippen molar-refractivity contribution in [2.75, 3.05) is 40.9 Å². The molecule has 0 aliphatic heterocycles. The van der Waals surface area contributed by atoms with E-state index in [9.17, 15) is 24.5 Å². The number of nitrogens with zero attached hydrogens (tertiary/aromatic N) is 1. The molecule has 0 rings (SSSR count). The lowest BCUT2D eigenvalue weighted by atomic mass is 9.99. The lowest BCUT2D eigenvalue weighted by Crippen LogP contribution is -2.51. The quantitative estimate of drug-likeness (QED) is 0.0240. The summed E-state index contributed by atoms with van der Waals surface area (Å²) in [6, 6.07) is -1.08. The van der Waals surface area contributed by atoms with Crippen LogP contribution in [-0.2, 0) is 18.4 Å². The predicted octanol–water partition coefficient (Wildman–Crippen LogP) is 13.1. The monoisotopic (exact) mass is 905 g/mol. The van der Waals surface area contributed by atoms with Gasteiger partial charge in [0, 0.05) is 6.42 Å². The summed E-state index contributed by atoms with van der Waals surface area (Å²) in [5.41, 5.74) is 0. The maximum absolute atomic E-state index is 12.9. The van der Waals surface area contributed by atoms with Crippen molar-refractivity contribution in [1.29, 1.82) is 0 Å². The number of nitrogens with one attached hydrogen (secondary N) is 1. The van der Waals surface area contributed by atoms with Crippen LogP contribution in [0.15, 0.2) is 72.9 Å². The molecule has 366 valence electrons. The first-order chi connectivity index (χ1) is 30.4. The first-order valence-corrected chi connectivity index (χ1v) is 26.8. The Labute approximate surface area is 387 Å². The molecule has 0 aromatic heterocycles. The summed E-state index contributed by atoms with van der Waals surface area (Å²) in [6.45, 7) is 4.30. The third kappa shape index (κ3) is 44.9. The maximum Gasteiger partial charge on any atom is 0.268 e. The molecule has 4 unspecified atom stereocenters. The molecule has 9 nitrogen and oxygen atoms in total. The van der Waals surface area contributed by atoms with Gasteiger partial charge in [0.05, 0.1) is 39.9 Å². The van der Waals surface area contributed by atoms with Crippen LogP contribution in [0.25, 0.3) is 0 Å². The zero-order chi connectivity index (χ0) is 46.5. The zero-order valence-electron chi connectivity index (χ0n) is 41.1. The summed E-state index contributed by atoms with van der Waals surface area (Å²) in [7, 11) is 1.11. The van der Waals surface area contributed by atoms with Crippen LogP contribution in [0.5, 0.6) is 0 Å². The van der Waals surface area contributed by atoms with Crippen LogP contribution in [0.2, 0.25) is 0 Å². The fourth-order valence-corrected chi connectivity index (χ4v) is 7.74. The molecule has 10 heteroatoms. The molecule has 0 saturated heterocycles. The molecule has 0 radical (unpaired) electrons. The van der Waals surface area contributed by atoms with Gasteiger partial charge < -0.3 is 34.0 Å². The molecular formula is C53H97N2O7P. The van der Waals surface area contributed by atoms with E-state index in [-0.39, 0.29) is 18.9 Å². The second-order valence-electron chi connectivity index (χ2n) is 18.3. The number of hydrogen-bond acceptors (Lipinski definition) is 7. The van der Waals surface area contributed by atoms with Crippen molar-refractivity contribution in [2.45, 2.75) is 218 Å². The molecule has 0 aromatic rings. The number of allylic oxidation sites excluding steroid dienone is 12. The normalized spacial score (nSPS) is 15.2. The van der Waals surface area contributed by atoms with Gasteiger partial charge in [0.1, 0.15) is 19.3 Å². The van der Waals surface area contributed by atoms with Crippen LogP contribution >= 0.6 is 7.82 Å². The highest BCUT2D eigenvalue weighted by molar-refractivity contribution is 7.45. The van der Waals surface area contributed by atoms with E-state index in [0.717, 1.165) is 83.5 Å². The molecule has 1 amide bonds. The second kappa shape index (κ2) is 43.8. The highest BCUT2D eigenvalue weighted by atomic mass is 31.2. The summed E-state index contributed by atoms with van der Waals surface area (Å²) in [5.74, 6) is -0.290. The standard InChI is InChI=1S/C53H97N2O7P/c1-6-8-10-12-14-16-18-20-21-22-23-24-25-26-27-28-29-30-31-32-33-34-36-38-40-42-44-46-52(57)54-50(49-62-63(59,60)61-48-47-55(3,4)5)53(58)51(56)45-43-41-39-37-35-19-17-15-13-11-9-7-2/h8,10,14,16,20-21,23-24,26-27,29-30,50-51,53,56,58H,6-7,9,11-13,15,17-19,22,25,28,31-49H2,1-5H3,(H-,54,57,59,60)/b10-8-,16-14-,21-20-,24-23-,27-26-,30-29-. The van der Waals surface area contributed by atoms with Crippen molar-refractivity contribution in [1.82, 2.24) is 5.32 Å². The largest absolute Gasteiger partial charge is 0.756 e. The second-order valence-corrected chi connectivity index (χ2v) is 19.7. The van der Waals surface area contributed by atoms with Gasteiger partial charge in [-0.15, -0.1) is 0 Å². The topological polar surface area (TPSA) is 128 Å². The smallest absolute Gasteiger partial charge is 0.268 e. The van der Waals surface area contributed by atoms with E-state index in [1.165, 1.54) is 83.5 Å². The van der Waals surface area contributed by atoms with Crippen LogP contribution < -0.4 is 10.2 Å². The number of quaternary nitrogens is 1. The summed E-state index contributed by atoms with van der Waals surface area (Å²) in [5, 5.41) is 24.7. The van der Waals surface area contributed by atoms with Crippen molar-refractivity contribution in [3.8, 4) is 0 Å². The fourth-order valence-electron chi connectivity index (χ4n) is 7.02. The highest BCUT2D eigenvalue weighted by Gasteiger charge is 2.29. The summed E-state index contributed by atoms with van der Waals surface area (Å²) < 4.78 is 23.2. The number of aliphatic hydroxyl groups excluding tert-OH is 2. The molecule has 0 heterocycles. The Bertz CT molecular complexity index is 1270. The number of hydrogen-bond donors (Lipinski definition) is 3. The van der Waals surface area contributed by atoms with E-state index in [1.807, 2.05) is 21.1 Å². The van der Waals surface area contributed by atoms with E-state index >= 15 is 0 Å². The van der Waals surface area contributed by atoms with Crippen molar-refractivity contribution in [3.05, 3.63) is 72.9 Å². The molecule has 0 fully saturated rings. The van der Waals surface area contributed by atoms with Gasteiger partial charge in [-0.2, -0.15) is 0 Å². The fraction of sp³-hybridized carbons (Fsp3) is 0.755. The summed E-state index contributed by atoms with van der Waals surface area (Å²) in [4.78, 5) is 25.5. The van der Waals surface area contributed by atoms with E-state index in [1.54, 1.807) is 0 Å². The maximum atomic E-state index is 12.9. The first kappa shape index (κ1) is 60.9. The summed E-state index contributed by atoms with van der Waals surface area (Å²) in [6.07, 6.45) is 55.1. The minimum absolute atomic E-state index is 0.0459. The first-order valence-electron chi connectivity index (χ1n) is 25.4. The summed E-state index contributed by atoms with van der Waals surface area (Å²) >= 11 is 0. The lowest BCUT2D eigenvalue weighted by Gasteiger charge is -2.31. The molecule has 3 N–H and O–H groups in total. The Morgan fingerprint density at radius 3 is 1.46 bits per heavy atom. The number of unbranched alkanes of at least 4 members (excludes halogenated alkanes) is 19. The van der Waals surface area contributed by atoms with Gasteiger partial charge in [0.25, 0.3) is 7.82 Å². The third-order valence-electron chi connectivity index (χ3n) is 11.1. The molecule has 0 spiro atoms. The Morgan fingerprint density at radius 1 is 0.587 bits per heavy atom. The van der Waals surface area contributed by atoms with Crippen molar-refractivity contribution in [3.63, 3.8) is 0 Å². The molecule has 0 aliphatic carbocycles. The Hall–Kier alpha value is -2.10. The Balaban J connectivity index is 4.34. The molecule has 0 saturated carbocycles. The van der Waals surface area contributed by atoms with Crippen molar-refractivity contribution >= 4 is 13.7 Å². The van der Waals surface area contributed by atoms with Gasteiger partial charge in [-0.1, -0.05) is 202 Å². The minimum atomic E-state index is -4.67. The number of amides is 1. The van der Waals surface area contributed by atoms with E-state index < -0.39 is 32.7 Å². The average molecular weight is 905 g/mol. The minimum Gasteiger partial charge on any atom is -0.756 e. The number of carbonyl (C=O) groups is 1. The van der Waals surface area contributed by atoms with Crippen molar-refractivity contribution in [2.24, 2.45) is 0 Å². The van der Waals surface area contributed by atoms with Crippen LogP contribution in [0.3, 0.4) is 0 Å². The SMILES string of the molecule is CC/C=C\C/C=C\C/C=C\C/C=C\C/C=C\C/C=C\CCCCCCCCCCC(=O)NC(COP(=O)([O-])OCC[N+](C)(C)C)C(O)C(O)CCCCCCCCCCCCCC. The number of likely N-dealkylation sites (N-methyl/N-ethyl adjacent to an activating group) is 1. The molecule has 0 aliphatic rings. The van der Waals surface area contributed by atoms with Crippen LogP contribution in [-0.4, -0.2) is 79.8 Å². The number of carbonyl (C=O) groups excluding carboxylic acids is 1. The number of rotatable bonds is 45. The Morgan fingerprint density at radius 2 is 1.00 bits per heavy atom. The number of phosphoric acid groups is 1. The molecule has 0 bridgehead atoms. The molecule has 4 atom stereocenters. The van der Waals surface area contributed by atoms with Crippen LogP contribution in [0.1, 0.15) is 200 Å². The van der Waals surface area contributed by atoms with E-state index in [4.69, 9.17) is 9.05 Å². The predicted molar refractivity (Wildman–Crippen MR) is 266 cm³/mol. The number of aliphatic hydroxyl groups is 2. The van der Waals surface area contributed by atoms with Crippen LogP contribution in [0.4, 0.5) is 0 Å². The van der Waals surface area contributed by atoms with Gasteiger partial charge in [-0.25, -0.2) is 0 Å². The zero-order valence-corrected chi connectivity index (χ0v) is 42.0. The van der Waals surface area contributed by atoms with Gasteiger partial charge in [0.2, 0.25) is 5.91 Å². The molecular weight excluding hydrogens is 808 g/mol. The van der Waals surface area contributed by atoms with Gasteiger partial charge in [0.15, 0.2) is 0 Å². The number of phosphoric ester groups is 1. The Kier molecular flexibility index (Phi) is 42.3. The van der Waals surface area contributed by atoms with Crippen LogP contribution in [0, 0.1) is 0 Å². The van der Waals surface area contributed by atoms with Gasteiger partial charge in [-0.05, 0) is 64.2 Å². The lowest BCUT2D eigenvalue weighted by molar-refractivity contribution is -0.870.